The fourth-order valence-electron chi connectivity index (χ4n) is 1.99. The Morgan fingerprint density at radius 2 is 2.16 bits per heavy atom. The van der Waals surface area contributed by atoms with Crippen LogP contribution in [0.5, 0.6) is 0 Å². The van der Waals surface area contributed by atoms with Gasteiger partial charge in [-0.05, 0) is 41.6 Å². The molecule has 1 heterocycles. The Kier molecular flexibility index (Phi) is 5.58. The molecule has 1 aromatic heterocycles. The second kappa shape index (κ2) is 7.20. The van der Waals surface area contributed by atoms with Crippen LogP contribution in [-0.2, 0) is 11.2 Å². The summed E-state index contributed by atoms with van der Waals surface area (Å²) in [6.45, 7) is 3.86. The van der Waals surface area contributed by atoms with E-state index in [1.54, 1.807) is 7.11 Å². The summed E-state index contributed by atoms with van der Waals surface area (Å²) in [5.41, 5.74) is 1.18. The van der Waals surface area contributed by atoms with E-state index in [1.165, 1.54) is 18.5 Å². The van der Waals surface area contributed by atoms with Crippen LogP contribution < -0.4 is 5.32 Å². The summed E-state index contributed by atoms with van der Waals surface area (Å²) in [5, 5.41) is 3.39. The molecule has 0 radical (unpaired) electrons. The molecule has 0 aromatic carbocycles. The third-order valence-corrected chi connectivity index (χ3v) is 3.96. The molecule has 1 aliphatic carbocycles. The van der Waals surface area contributed by atoms with Crippen LogP contribution in [0.1, 0.15) is 50.0 Å². The molecule has 1 N–H and O–H groups in total. The van der Waals surface area contributed by atoms with E-state index in [2.05, 4.69) is 33.2 Å². The quantitative estimate of drug-likeness (QED) is 0.742. The monoisotopic (exact) mass is 327 g/mol. The van der Waals surface area contributed by atoms with Gasteiger partial charge >= 0.3 is 0 Å². The maximum absolute atomic E-state index is 5.09. The molecule has 1 fully saturated rings. The van der Waals surface area contributed by atoms with E-state index < -0.39 is 0 Å². The molecule has 106 valence electrons. The van der Waals surface area contributed by atoms with Crippen molar-refractivity contribution in [3.05, 3.63) is 16.0 Å². The van der Waals surface area contributed by atoms with Gasteiger partial charge in [0, 0.05) is 32.6 Å². The number of methoxy groups -OCH3 is 1. The van der Waals surface area contributed by atoms with Crippen LogP contribution >= 0.6 is 15.9 Å². The number of hydrogen-bond acceptors (Lipinski definition) is 4. The fraction of sp³-hybridized carbons (Fsp3) is 0.714. The van der Waals surface area contributed by atoms with Gasteiger partial charge in [0.1, 0.15) is 11.6 Å². The largest absolute Gasteiger partial charge is 0.385 e. The molecular weight excluding hydrogens is 306 g/mol. The number of hydrogen-bond donors (Lipinski definition) is 1. The highest BCUT2D eigenvalue weighted by molar-refractivity contribution is 9.10. The lowest BCUT2D eigenvalue weighted by Gasteiger charge is -2.12. The predicted molar refractivity (Wildman–Crippen MR) is 80.7 cm³/mol. The average Bonchev–Trinajstić information content (AvgIpc) is 3.23. The van der Waals surface area contributed by atoms with Gasteiger partial charge in [-0.25, -0.2) is 9.97 Å². The van der Waals surface area contributed by atoms with Crippen LogP contribution in [0.3, 0.4) is 0 Å². The Morgan fingerprint density at radius 3 is 2.79 bits per heavy atom. The third kappa shape index (κ3) is 4.14. The minimum absolute atomic E-state index is 0.626. The van der Waals surface area contributed by atoms with E-state index in [0.717, 1.165) is 48.5 Å². The van der Waals surface area contributed by atoms with E-state index in [9.17, 15) is 0 Å². The Balaban J connectivity index is 2.15. The van der Waals surface area contributed by atoms with Crippen molar-refractivity contribution in [1.82, 2.24) is 9.97 Å². The van der Waals surface area contributed by atoms with Gasteiger partial charge in [0.2, 0.25) is 0 Å². The van der Waals surface area contributed by atoms with Gasteiger partial charge in [0.25, 0.3) is 0 Å². The fourth-order valence-corrected chi connectivity index (χ4v) is 2.63. The van der Waals surface area contributed by atoms with E-state index in [-0.39, 0.29) is 0 Å². The van der Waals surface area contributed by atoms with Crippen molar-refractivity contribution in [3.8, 4) is 0 Å². The van der Waals surface area contributed by atoms with Gasteiger partial charge in [0.15, 0.2) is 0 Å². The molecule has 0 spiro atoms. The maximum atomic E-state index is 5.09. The summed E-state index contributed by atoms with van der Waals surface area (Å²) in [6.07, 6.45) is 5.44. The molecule has 0 unspecified atom stereocenters. The molecule has 1 saturated carbocycles. The molecular formula is C14H22BrN3O. The summed E-state index contributed by atoms with van der Waals surface area (Å²) in [5.74, 6) is 2.51. The Morgan fingerprint density at radius 1 is 1.37 bits per heavy atom. The minimum Gasteiger partial charge on any atom is -0.385 e. The molecule has 0 atom stereocenters. The lowest BCUT2D eigenvalue weighted by molar-refractivity contribution is 0.194. The normalized spacial score (nSPS) is 14.7. The van der Waals surface area contributed by atoms with Crippen molar-refractivity contribution in [2.24, 2.45) is 0 Å². The van der Waals surface area contributed by atoms with Crippen LogP contribution in [0.15, 0.2) is 4.47 Å². The summed E-state index contributed by atoms with van der Waals surface area (Å²) in [4.78, 5) is 9.35. The van der Waals surface area contributed by atoms with Crippen LogP contribution in [0.4, 0.5) is 5.82 Å². The van der Waals surface area contributed by atoms with Gasteiger partial charge in [-0.1, -0.05) is 6.92 Å². The van der Waals surface area contributed by atoms with Crippen molar-refractivity contribution in [1.29, 1.82) is 0 Å². The highest BCUT2D eigenvalue weighted by atomic mass is 79.9. The van der Waals surface area contributed by atoms with Crippen LogP contribution in [-0.4, -0.2) is 30.2 Å². The zero-order chi connectivity index (χ0) is 13.7. The van der Waals surface area contributed by atoms with E-state index in [4.69, 9.17) is 9.72 Å². The summed E-state index contributed by atoms with van der Waals surface area (Å²) in [7, 11) is 1.73. The van der Waals surface area contributed by atoms with Gasteiger partial charge in [-0.3, -0.25) is 0 Å². The van der Waals surface area contributed by atoms with Gasteiger partial charge in [0.05, 0.1) is 10.2 Å². The van der Waals surface area contributed by atoms with Gasteiger partial charge < -0.3 is 10.1 Å². The average molecular weight is 328 g/mol. The van der Waals surface area contributed by atoms with Crippen molar-refractivity contribution < 1.29 is 4.74 Å². The molecule has 0 saturated heterocycles. The molecule has 4 nitrogen and oxygen atoms in total. The van der Waals surface area contributed by atoms with E-state index >= 15 is 0 Å². The van der Waals surface area contributed by atoms with Crippen LogP contribution in [0.2, 0.25) is 0 Å². The molecule has 1 aromatic rings. The first-order valence-electron chi connectivity index (χ1n) is 7.05. The number of rotatable bonds is 8. The number of aromatic nitrogens is 2. The zero-order valence-corrected chi connectivity index (χ0v) is 13.3. The summed E-state index contributed by atoms with van der Waals surface area (Å²) in [6, 6.07) is 0. The third-order valence-electron chi connectivity index (χ3n) is 3.18. The zero-order valence-electron chi connectivity index (χ0n) is 11.7. The van der Waals surface area contributed by atoms with Crippen LogP contribution in [0.25, 0.3) is 0 Å². The smallest absolute Gasteiger partial charge is 0.144 e. The lowest BCUT2D eigenvalue weighted by atomic mass is 10.2. The van der Waals surface area contributed by atoms with Gasteiger partial charge in [-0.15, -0.1) is 0 Å². The number of halogens is 1. The highest BCUT2D eigenvalue weighted by Crippen LogP contribution is 2.43. The standard InChI is InChI=1S/C14H22BrN3O/c1-3-8-16-14-12(15)13(10-6-7-10)17-11(18-14)5-4-9-19-2/h10H,3-9H2,1-2H3,(H,16,17,18). The lowest BCUT2D eigenvalue weighted by Crippen LogP contribution is -2.09. The predicted octanol–water partition coefficient (Wildman–Crippen LogP) is 3.52. The number of nitrogens with one attached hydrogen (secondary N) is 1. The van der Waals surface area contributed by atoms with E-state index in [1.807, 2.05) is 0 Å². The first kappa shape index (κ1) is 14.7. The summed E-state index contributed by atoms with van der Waals surface area (Å²) >= 11 is 3.66. The Bertz CT molecular complexity index is 421. The second-order valence-electron chi connectivity index (χ2n) is 4.99. The molecule has 0 aliphatic heterocycles. The molecule has 5 heteroatoms. The molecule has 1 aliphatic rings. The number of anilines is 1. The molecule has 19 heavy (non-hydrogen) atoms. The molecule has 0 bridgehead atoms. The molecule has 0 amide bonds. The van der Waals surface area contributed by atoms with Crippen molar-refractivity contribution >= 4 is 21.7 Å². The Hall–Kier alpha value is -0.680. The van der Waals surface area contributed by atoms with Crippen molar-refractivity contribution in [2.45, 2.75) is 44.9 Å². The summed E-state index contributed by atoms with van der Waals surface area (Å²) < 4.78 is 6.15. The highest BCUT2D eigenvalue weighted by Gasteiger charge is 2.29. The number of aryl methyl sites for hydroxylation is 1. The Labute approximate surface area is 123 Å². The first-order valence-corrected chi connectivity index (χ1v) is 7.84. The minimum atomic E-state index is 0.626. The van der Waals surface area contributed by atoms with Crippen molar-refractivity contribution in [2.75, 3.05) is 25.6 Å². The second-order valence-corrected chi connectivity index (χ2v) is 5.78. The number of ether oxygens (including phenoxy) is 1. The SMILES string of the molecule is CCCNc1nc(CCCOC)nc(C2CC2)c1Br. The van der Waals surface area contributed by atoms with Gasteiger partial charge in [-0.2, -0.15) is 0 Å². The molecule has 2 rings (SSSR count). The maximum Gasteiger partial charge on any atom is 0.144 e. The van der Waals surface area contributed by atoms with E-state index in [0.29, 0.717) is 5.92 Å². The number of nitrogens with zero attached hydrogens (tertiary/aromatic N) is 2. The van der Waals surface area contributed by atoms with Crippen LogP contribution in [0, 0.1) is 0 Å². The topological polar surface area (TPSA) is 47.0 Å². The first-order chi connectivity index (χ1) is 9.26. The van der Waals surface area contributed by atoms with Crippen molar-refractivity contribution in [3.63, 3.8) is 0 Å².